The van der Waals surface area contributed by atoms with E-state index >= 15 is 0 Å². The summed E-state index contributed by atoms with van der Waals surface area (Å²) >= 11 is 0. The monoisotopic (exact) mass is 504 g/mol. The predicted octanol–water partition coefficient (Wildman–Crippen LogP) is 5.83. The number of ether oxygens (including phenoxy) is 1. The van der Waals surface area contributed by atoms with Crippen LogP contribution in [0.3, 0.4) is 0 Å². The normalized spacial score (nSPS) is 13.8. The lowest BCUT2D eigenvalue weighted by molar-refractivity contribution is -0.274. The zero-order valence-electron chi connectivity index (χ0n) is 21.0. The molecule has 0 radical (unpaired) electrons. The van der Waals surface area contributed by atoms with Crippen molar-refractivity contribution >= 4 is 11.6 Å². The smallest absolute Gasteiger partial charge is 0.406 e. The van der Waals surface area contributed by atoms with Gasteiger partial charge in [0.1, 0.15) is 5.75 Å². The molecule has 0 unspecified atom stereocenters. The highest BCUT2D eigenvalue weighted by Crippen LogP contribution is 2.26. The third-order valence-corrected chi connectivity index (χ3v) is 6.17. The number of rotatable bonds is 12. The lowest BCUT2D eigenvalue weighted by Gasteiger charge is -2.26. The fourth-order valence-electron chi connectivity index (χ4n) is 4.42. The maximum atomic E-state index is 13.2. The largest absolute Gasteiger partial charge is 0.573 e. The molecule has 36 heavy (non-hydrogen) atoms. The summed E-state index contributed by atoms with van der Waals surface area (Å²) in [7, 11) is 0. The maximum Gasteiger partial charge on any atom is 0.573 e. The van der Waals surface area contributed by atoms with E-state index in [1.54, 1.807) is 18.2 Å². The van der Waals surface area contributed by atoms with Crippen molar-refractivity contribution in [3.63, 3.8) is 0 Å². The molecule has 0 fully saturated rings. The van der Waals surface area contributed by atoms with Crippen LogP contribution >= 0.6 is 0 Å². The Balaban J connectivity index is 1.72. The number of carbonyl (C=O) groups excluding carboxylic acids is 1. The molecule has 0 atom stereocenters. The maximum absolute atomic E-state index is 13.2. The molecule has 196 valence electrons. The fraction of sp³-hybridized carbons (Fsp3) is 0.481. The minimum absolute atomic E-state index is 0.126. The molecule has 3 rings (SSSR count). The summed E-state index contributed by atoms with van der Waals surface area (Å²) in [5.74, 6) is -0.384. The van der Waals surface area contributed by atoms with E-state index in [-0.39, 0.29) is 11.7 Å². The molecule has 0 saturated heterocycles. The molecule has 0 aliphatic carbocycles. The third-order valence-electron chi connectivity index (χ3n) is 6.17. The van der Waals surface area contributed by atoms with Crippen LogP contribution in [0.2, 0.25) is 0 Å². The van der Waals surface area contributed by atoms with Crippen molar-refractivity contribution in [1.29, 1.82) is 0 Å². The standard InChI is InChI=1S/C27H35F3N4O2/c1-4-7-16-33(21-12-14-22(15-13-21)36-27(28,29)30)19-20(10-5-2)18-31-26(35)25-23(6-3)32-34-17-9-8-11-24(25)34/h5,10,12-15H,2,4,6-9,11,16-19H2,1,3H3,(H,31,35)/b20-10-. The van der Waals surface area contributed by atoms with Crippen LogP contribution in [0.4, 0.5) is 18.9 Å². The van der Waals surface area contributed by atoms with Gasteiger partial charge in [0.25, 0.3) is 5.91 Å². The van der Waals surface area contributed by atoms with Crippen LogP contribution in [0.25, 0.3) is 0 Å². The Labute approximate surface area is 210 Å². The number of nitrogens with zero attached hydrogens (tertiary/aromatic N) is 3. The number of benzene rings is 1. The molecule has 0 saturated carbocycles. The van der Waals surface area contributed by atoms with Crippen LogP contribution in [0.5, 0.6) is 5.75 Å². The second-order valence-corrected chi connectivity index (χ2v) is 8.86. The van der Waals surface area contributed by atoms with Gasteiger partial charge >= 0.3 is 6.36 Å². The first-order chi connectivity index (χ1) is 17.3. The molecule has 1 aromatic heterocycles. The third kappa shape index (κ3) is 7.38. The van der Waals surface area contributed by atoms with Gasteiger partial charge in [-0.25, -0.2) is 0 Å². The second kappa shape index (κ2) is 12.6. The number of carbonyl (C=O) groups is 1. The van der Waals surface area contributed by atoms with Crippen LogP contribution in [0.15, 0.2) is 48.6 Å². The van der Waals surface area contributed by atoms with Gasteiger partial charge in [-0.2, -0.15) is 5.10 Å². The topological polar surface area (TPSA) is 59.4 Å². The van der Waals surface area contributed by atoms with Gasteiger partial charge in [0.2, 0.25) is 0 Å². The number of unbranched alkanes of at least 4 members (excludes halogenated alkanes) is 1. The van der Waals surface area contributed by atoms with Crippen molar-refractivity contribution in [2.75, 3.05) is 24.5 Å². The number of halogens is 3. The lowest BCUT2D eigenvalue weighted by Crippen LogP contribution is -2.33. The lowest BCUT2D eigenvalue weighted by atomic mass is 10.0. The van der Waals surface area contributed by atoms with E-state index in [2.05, 4.69) is 33.6 Å². The van der Waals surface area contributed by atoms with E-state index in [0.717, 1.165) is 67.8 Å². The number of anilines is 1. The molecule has 1 aromatic carbocycles. The highest BCUT2D eigenvalue weighted by atomic mass is 19.4. The minimum Gasteiger partial charge on any atom is -0.406 e. The Kier molecular flexibility index (Phi) is 9.61. The van der Waals surface area contributed by atoms with Crippen molar-refractivity contribution in [2.24, 2.45) is 0 Å². The van der Waals surface area contributed by atoms with Crippen LogP contribution < -0.4 is 15.0 Å². The number of fused-ring (bicyclic) bond motifs is 1. The number of alkyl halides is 3. The van der Waals surface area contributed by atoms with Gasteiger partial charge in [-0.3, -0.25) is 9.48 Å². The van der Waals surface area contributed by atoms with Gasteiger partial charge in [0.05, 0.1) is 17.0 Å². The van der Waals surface area contributed by atoms with Gasteiger partial charge in [0.15, 0.2) is 0 Å². The number of aromatic nitrogens is 2. The number of nitrogens with one attached hydrogen (secondary N) is 1. The van der Waals surface area contributed by atoms with Gasteiger partial charge in [-0.05, 0) is 61.9 Å². The summed E-state index contributed by atoms with van der Waals surface area (Å²) in [6, 6.07) is 5.87. The zero-order valence-corrected chi connectivity index (χ0v) is 21.0. The highest BCUT2D eigenvalue weighted by molar-refractivity contribution is 5.96. The van der Waals surface area contributed by atoms with Crippen LogP contribution in [-0.4, -0.2) is 41.7 Å². The van der Waals surface area contributed by atoms with E-state index in [4.69, 9.17) is 0 Å². The van der Waals surface area contributed by atoms with Crippen molar-refractivity contribution in [1.82, 2.24) is 15.1 Å². The number of aryl methyl sites for hydroxylation is 2. The van der Waals surface area contributed by atoms with Crippen LogP contribution in [-0.2, 0) is 19.4 Å². The van der Waals surface area contributed by atoms with Crippen LogP contribution in [0, 0.1) is 0 Å². The molecule has 9 heteroatoms. The van der Waals surface area contributed by atoms with Gasteiger partial charge < -0.3 is 15.0 Å². The van der Waals surface area contributed by atoms with Crippen molar-refractivity contribution < 1.29 is 22.7 Å². The zero-order chi connectivity index (χ0) is 26.1. The average molecular weight is 505 g/mol. The molecule has 2 heterocycles. The summed E-state index contributed by atoms with van der Waals surface area (Å²) in [5.41, 5.74) is 4.24. The molecule has 1 N–H and O–H groups in total. The molecule has 6 nitrogen and oxygen atoms in total. The molecular weight excluding hydrogens is 469 g/mol. The number of amides is 1. The van der Waals surface area contributed by atoms with Crippen LogP contribution in [0.1, 0.15) is 61.3 Å². The quantitative estimate of drug-likeness (QED) is 0.370. The summed E-state index contributed by atoms with van der Waals surface area (Å²) in [6.45, 7) is 10.3. The van der Waals surface area contributed by atoms with E-state index in [1.807, 2.05) is 17.7 Å². The number of hydrogen-bond donors (Lipinski definition) is 1. The highest BCUT2D eigenvalue weighted by Gasteiger charge is 2.31. The van der Waals surface area contributed by atoms with Gasteiger partial charge in [-0.15, -0.1) is 13.2 Å². The summed E-state index contributed by atoms with van der Waals surface area (Å²) < 4.78 is 43.5. The molecule has 0 spiro atoms. The van der Waals surface area contributed by atoms with Crippen molar-refractivity contribution in [3.8, 4) is 5.75 Å². The predicted molar refractivity (Wildman–Crippen MR) is 135 cm³/mol. The number of hydrogen-bond acceptors (Lipinski definition) is 4. The Morgan fingerprint density at radius 3 is 2.64 bits per heavy atom. The van der Waals surface area contributed by atoms with E-state index < -0.39 is 6.36 Å². The molecule has 2 aromatic rings. The first-order valence-electron chi connectivity index (χ1n) is 12.5. The minimum atomic E-state index is -4.73. The molecule has 1 aliphatic heterocycles. The molecule has 0 bridgehead atoms. The van der Waals surface area contributed by atoms with Crippen molar-refractivity contribution in [2.45, 2.75) is 65.3 Å². The van der Waals surface area contributed by atoms with E-state index in [1.165, 1.54) is 12.1 Å². The Morgan fingerprint density at radius 2 is 2.00 bits per heavy atom. The Hall–Kier alpha value is -3.23. The average Bonchev–Trinajstić information content (AvgIpc) is 3.23. The molecule has 1 amide bonds. The van der Waals surface area contributed by atoms with E-state index in [9.17, 15) is 18.0 Å². The van der Waals surface area contributed by atoms with Gasteiger partial charge in [-0.1, -0.05) is 39.0 Å². The summed E-state index contributed by atoms with van der Waals surface area (Å²) in [6.07, 6.45) is 4.37. The fourth-order valence-corrected chi connectivity index (χ4v) is 4.42. The van der Waals surface area contributed by atoms with Crippen molar-refractivity contribution in [3.05, 3.63) is 65.5 Å². The van der Waals surface area contributed by atoms with E-state index in [0.29, 0.717) is 25.1 Å². The first kappa shape index (κ1) is 27.4. The Morgan fingerprint density at radius 1 is 1.25 bits per heavy atom. The first-order valence-corrected chi connectivity index (χ1v) is 12.5. The molecular formula is C27H35F3N4O2. The van der Waals surface area contributed by atoms with Gasteiger partial charge in [0, 0.05) is 31.9 Å². The summed E-state index contributed by atoms with van der Waals surface area (Å²) in [4.78, 5) is 15.3. The molecule has 1 aliphatic rings. The second-order valence-electron chi connectivity index (χ2n) is 8.86. The number of allylic oxidation sites excluding steroid dienone is 2. The summed E-state index contributed by atoms with van der Waals surface area (Å²) in [5, 5.41) is 7.70. The Bertz CT molecular complexity index is 1060. The SMILES string of the molecule is C=C/C=C(/CNC(=O)c1c(CC)nn2c1CCCC2)CN(CCCC)c1ccc(OC(F)(F)F)cc1.